The Labute approximate surface area is 85.1 Å². The standard InChI is InChI=1S/C8H7Cl2NO2/c1-3-4(9)2-5(11)6(7(3)10)8(12)13/h2H,11H2,1H3,(H,12,13). The van der Waals surface area contributed by atoms with Crippen LogP contribution in [0.2, 0.25) is 10.0 Å². The number of hydrogen-bond acceptors (Lipinski definition) is 2. The van der Waals surface area contributed by atoms with Gasteiger partial charge in [0.15, 0.2) is 0 Å². The maximum absolute atomic E-state index is 10.7. The van der Waals surface area contributed by atoms with Gasteiger partial charge in [-0.2, -0.15) is 0 Å². The summed E-state index contributed by atoms with van der Waals surface area (Å²) in [6, 6.07) is 1.38. The second-order valence-electron chi connectivity index (χ2n) is 2.57. The lowest BCUT2D eigenvalue weighted by molar-refractivity contribution is 0.0698. The molecule has 1 aromatic rings. The van der Waals surface area contributed by atoms with Crippen LogP contribution in [-0.4, -0.2) is 11.1 Å². The maximum Gasteiger partial charge on any atom is 0.339 e. The number of carboxylic acid groups (broad SMARTS) is 1. The molecule has 13 heavy (non-hydrogen) atoms. The van der Waals surface area contributed by atoms with Gasteiger partial charge in [-0.1, -0.05) is 23.2 Å². The molecule has 70 valence electrons. The molecule has 3 nitrogen and oxygen atoms in total. The van der Waals surface area contributed by atoms with E-state index in [2.05, 4.69) is 0 Å². The molecule has 0 spiro atoms. The Morgan fingerprint density at radius 1 is 1.54 bits per heavy atom. The average molecular weight is 220 g/mol. The normalized spacial score (nSPS) is 10.1. The van der Waals surface area contributed by atoms with Gasteiger partial charge in [0.1, 0.15) is 5.56 Å². The Balaban J connectivity index is 3.53. The van der Waals surface area contributed by atoms with E-state index in [4.69, 9.17) is 34.0 Å². The van der Waals surface area contributed by atoms with Crippen LogP contribution in [0.3, 0.4) is 0 Å². The number of rotatable bonds is 1. The molecule has 0 atom stereocenters. The first kappa shape index (κ1) is 10.2. The fourth-order valence-corrected chi connectivity index (χ4v) is 1.51. The minimum atomic E-state index is -1.15. The van der Waals surface area contributed by atoms with Crippen LogP contribution in [0.5, 0.6) is 0 Å². The van der Waals surface area contributed by atoms with Crippen molar-refractivity contribution in [3.8, 4) is 0 Å². The van der Waals surface area contributed by atoms with Crippen molar-refractivity contribution >= 4 is 34.9 Å². The lowest BCUT2D eigenvalue weighted by atomic mass is 10.1. The number of hydrogen-bond donors (Lipinski definition) is 2. The monoisotopic (exact) mass is 219 g/mol. The van der Waals surface area contributed by atoms with Crippen molar-refractivity contribution in [2.45, 2.75) is 6.92 Å². The first-order valence-electron chi connectivity index (χ1n) is 3.42. The quantitative estimate of drug-likeness (QED) is 0.715. The number of carboxylic acids is 1. The van der Waals surface area contributed by atoms with Crippen molar-refractivity contribution in [3.05, 3.63) is 27.2 Å². The maximum atomic E-state index is 10.7. The van der Waals surface area contributed by atoms with E-state index in [9.17, 15) is 4.79 Å². The summed E-state index contributed by atoms with van der Waals surface area (Å²) in [6.45, 7) is 1.64. The van der Waals surface area contributed by atoms with Gasteiger partial charge in [0.2, 0.25) is 0 Å². The summed E-state index contributed by atoms with van der Waals surface area (Å²) >= 11 is 11.5. The highest BCUT2D eigenvalue weighted by atomic mass is 35.5. The second-order valence-corrected chi connectivity index (χ2v) is 3.35. The third kappa shape index (κ3) is 1.71. The first-order valence-corrected chi connectivity index (χ1v) is 4.18. The minimum Gasteiger partial charge on any atom is -0.478 e. The molecule has 0 heterocycles. The molecule has 0 amide bonds. The lowest BCUT2D eigenvalue weighted by Gasteiger charge is -2.07. The van der Waals surface area contributed by atoms with Crippen LogP contribution >= 0.6 is 23.2 Å². The number of nitrogens with two attached hydrogens (primary N) is 1. The fourth-order valence-electron chi connectivity index (χ4n) is 0.953. The molecule has 3 N–H and O–H groups in total. The number of anilines is 1. The number of halogens is 2. The van der Waals surface area contributed by atoms with Gasteiger partial charge >= 0.3 is 5.97 Å². The number of carbonyl (C=O) groups is 1. The molecule has 0 unspecified atom stereocenters. The van der Waals surface area contributed by atoms with Gasteiger partial charge in [0.05, 0.1) is 5.02 Å². The summed E-state index contributed by atoms with van der Waals surface area (Å²) in [5.41, 5.74) is 5.95. The van der Waals surface area contributed by atoms with Crippen LogP contribution < -0.4 is 5.73 Å². The molecular formula is C8H7Cl2NO2. The summed E-state index contributed by atoms with van der Waals surface area (Å²) in [5.74, 6) is -1.15. The average Bonchev–Trinajstić information content (AvgIpc) is 1.99. The molecule has 1 aromatic carbocycles. The van der Waals surface area contributed by atoms with E-state index >= 15 is 0 Å². The Bertz CT molecular complexity index is 377. The molecule has 1 rings (SSSR count). The van der Waals surface area contributed by atoms with Gasteiger partial charge < -0.3 is 10.8 Å². The van der Waals surface area contributed by atoms with Gasteiger partial charge in [-0.3, -0.25) is 0 Å². The van der Waals surface area contributed by atoms with E-state index in [1.54, 1.807) is 6.92 Å². The van der Waals surface area contributed by atoms with Crippen molar-refractivity contribution in [1.29, 1.82) is 0 Å². The van der Waals surface area contributed by atoms with Crippen molar-refractivity contribution in [2.75, 3.05) is 5.73 Å². The highest BCUT2D eigenvalue weighted by molar-refractivity contribution is 6.38. The summed E-state index contributed by atoms with van der Waals surface area (Å²) in [5, 5.41) is 9.22. The zero-order chi connectivity index (χ0) is 10.2. The summed E-state index contributed by atoms with van der Waals surface area (Å²) in [7, 11) is 0. The largest absolute Gasteiger partial charge is 0.478 e. The summed E-state index contributed by atoms with van der Waals surface area (Å²) < 4.78 is 0. The molecule has 0 aliphatic rings. The number of aromatic carboxylic acids is 1. The van der Waals surface area contributed by atoms with Crippen molar-refractivity contribution in [2.24, 2.45) is 0 Å². The van der Waals surface area contributed by atoms with Crippen LogP contribution in [0, 0.1) is 6.92 Å². The predicted octanol–water partition coefficient (Wildman–Crippen LogP) is 2.58. The first-order chi connectivity index (χ1) is 5.95. The molecule has 0 fully saturated rings. The SMILES string of the molecule is Cc1c(Cl)cc(N)c(C(=O)O)c1Cl. The van der Waals surface area contributed by atoms with Crippen LogP contribution in [0.15, 0.2) is 6.07 Å². The zero-order valence-corrected chi connectivity index (χ0v) is 8.28. The molecule has 5 heteroatoms. The molecule has 0 saturated heterocycles. The third-order valence-electron chi connectivity index (χ3n) is 1.69. The van der Waals surface area contributed by atoms with E-state index in [0.29, 0.717) is 10.6 Å². The topological polar surface area (TPSA) is 63.3 Å². The molecule has 0 saturated carbocycles. The fraction of sp³-hybridized carbons (Fsp3) is 0.125. The van der Waals surface area contributed by atoms with Crippen LogP contribution in [0.4, 0.5) is 5.69 Å². The number of nitrogen functional groups attached to an aromatic ring is 1. The van der Waals surface area contributed by atoms with E-state index in [0.717, 1.165) is 0 Å². The molecule has 0 aliphatic heterocycles. The lowest BCUT2D eigenvalue weighted by Crippen LogP contribution is -2.04. The molecule has 0 aliphatic carbocycles. The second kappa shape index (κ2) is 3.44. The van der Waals surface area contributed by atoms with Crippen molar-refractivity contribution < 1.29 is 9.90 Å². The summed E-state index contributed by atoms with van der Waals surface area (Å²) in [4.78, 5) is 10.7. The van der Waals surface area contributed by atoms with Crippen molar-refractivity contribution in [1.82, 2.24) is 0 Å². The molecule has 0 radical (unpaired) electrons. The molecule has 0 bridgehead atoms. The van der Waals surface area contributed by atoms with E-state index in [1.165, 1.54) is 6.07 Å². The summed E-state index contributed by atoms with van der Waals surface area (Å²) in [6.07, 6.45) is 0. The highest BCUT2D eigenvalue weighted by Gasteiger charge is 2.16. The zero-order valence-electron chi connectivity index (χ0n) is 6.77. The smallest absolute Gasteiger partial charge is 0.339 e. The Morgan fingerprint density at radius 3 is 2.54 bits per heavy atom. The third-order valence-corrected chi connectivity index (χ3v) is 2.56. The van der Waals surface area contributed by atoms with Gasteiger partial charge in [-0.25, -0.2) is 4.79 Å². The van der Waals surface area contributed by atoms with Crippen LogP contribution in [0.1, 0.15) is 15.9 Å². The van der Waals surface area contributed by atoms with Gasteiger partial charge in [0, 0.05) is 10.7 Å². The van der Waals surface area contributed by atoms with Gasteiger partial charge in [0.25, 0.3) is 0 Å². The Hall–Kier alpha value is -0.930. The predicted molar refractivity (Wildman–Crippen MR) is 52.6 cm³/mol. The van der Waals surface area contributed by atoms with Gasteiger partial charge in [-0.05, 0) is 18.6 Å². The molecular weight excluding hydrogens is 213 g/mol. The van der Waals surface area contributed by atoms with E-state index in [-0.39, 0.29) is 16.3 Å². The van der Waals surface area contributed by atoms with Crippen molar-refractivity contribution in [3.63, 3.8) is 0 Å². The van der Waals surface area contributed by atoms with E-state index < -0.39 is 5.97 Å². The highest BCUT2D eigenvalue weighted by Crippen LogP contribution is 2.31. The molecule has 0 aromatic heterocycles. The van der Waals surface area contributed by atoms with Crippen LogP contribution in [0.25, 0.3) is 0 Å². The van der Waals surface area contributed by atoms with Crippen LogP contribution in [-0.2, 0) is 0 Å². The Kier molecular flexibility index (Phi) is 2.68. The number of benzene rings is 1. The minimum absolute atomic E-state index is 0.0769. The van der Waals surface area contributed by atoms with Gasteiger partial charge in [-0.15, -0.1) is 0 Å². The Morgan fingerprint density at radius 2 is 2.08 bits per heavy atom. The van der Waals surface area contributed by atoms with E-state index in [1.807, 2.05) is 0 Å².